The number of nitrogens with one attached hydrogen (secondary N) is 2. The molecule has 3 aromatic rings. The maximum Gasteiger partial charge on any atom is 0.265 e. The summed E-state index contributed by atoms with van der Waals surface area (Å²) in [6, 6.07) is 19.6. The molecular formula is C28H32N2O6. The molecule has 0 radical (unpaired) electrons. The van der Waals surface area contributed by atoms with Gasteiger partial charge in [0.25, 0.3) is 11.8 Å². The number of carbonyl (C=O) groups is 2. The molecule has 0 aromatic heterocycles. The van der Waals surface area contributed by atoms with Crippen molar-refractivity contribution in [3.05, 3.63) is 77.9 Å². The van der Waals surface area contributed by atoms with E-state index in [2.05, 4.69) is 10.6 Å². The average molecular weight is 493 g/mol. The first-order valence-corrected chi connectivity index (χ1v) is 11.7. The van der Waals surface area contributed by atoms with Crippen LogP contribution in [0.25, 0.3) is 0 Å². The zero-order chi connectivity index (χ0) is 25.9. The van der Waals surface area contributed by atoms with Gasteiger partial charge >= 0.3 is 0 Å². The van der Waals surface area contributed by atoms with Gasteiger partial charge in [0.05, 0.1) is 32.6 Å². The molecule has 2 amide bonds. The maximum absolute atomic E-state index is 13.0. The van der Waals surface area contributed by atoms with Crippen molar-refractivity contribution >= 4 is 17.5 Å². The Labute approximate surface area is 211 Å². The molecule has 36 heavy (non-hydrogen) atoms. The van der Waals surface area contributed by atoms with E-state index in [0.29, 0.717) is 53.6 Å². The fourth-order valence-corrected chi connectivity index (χ4v) is 3.62. The monoisotopic (exact) mass is 492 g/mol. The van der Waals surface area contributed by atoms with Gasteiger partial charge in [0.15, 0.2) is 17.6 Å². The molecule has 0 aliphatic rings. The molecule has 3 rings (SSSR count). The van der Waals surface area contributed by atoms with Crippen LogP contribution in [0.15, 0.2) is 66.7 Å². The molecule has 0 unspecified atom stereocenters. The number of para-hydroxylation sites is 1. The first-order chi connectivity index (χ1) is 17.5. The lowest BCUT2D eigenvalue weighted by atomic mass is 10.1. The zero-order valence-corrected chi connectivity index (χ0v) is 21.0. The molecular weight excluding hydrogens is 460 g/mol. The molecule has 3 aromatic carbocycles. The predicted octanol–water partition coefficient (Wildman–Crippen LogP) is 4.48. The minimum absolute atomic E-state index is 0.284. The second-order valence-corrected chi connectivity index (χ2v) is 7.92. The number of carbonyl (C=O) groups excluding carboxylic acids is 2. The van der Waals surface area contributed by atoms with Gasteiger partial charge in [-0.3, -0.25) is 9.59 Å². The number of benzene rings is 3. The molecule has 0 saturated carbocycles. The third-order valence-electron chi connectivity index (χ3n) is 5.56. The molecule has 190 valence electrons. The molecule has 1 atom stereocenters. The van der Waals surface area contributed by atoms with Crippen LogP contribution in [-0.4, -0.2) is 45.8 Å². The smallest absolute Gasteiger partial charge is 0.265 e. The summed E-state index contributed by atoms with van der Waals surface area (Å²) in [4.78, 5) is 25.9. The highest BCUT2D eigenvalue weighted by Crippen LogP contribution is 2.27. The van der Waals surface area contributed by atoms with Crippen molar-refractivity contribution in [1.82, 2.24) is 5.32 Å². The van der Waals surface area contributed by atoms with E-state index in [0.717, 1.165) is 5.56 Å². The van der Waals surface area contributed by atoms with Crippen LogP contribution in [0.2, 0.25) is 0 Å². The lowest BCUT2D eigenvalue weighted by Gasteiger charge is -2.19. The van der Waals surface area contributed by atoms with E-state index in [4.69, 9.17) is 18.9 Å². The number of methoxy groups -OCH3 is 3. The van der Waals surface area contributed by atoms with E-state index in [1.165, 1.54) is 0 Å². The van der Waals surface area contributed by atoms with Crippen molar-refractivity contribution in [3.63, 3.8) is 0 Å². The fraction of sp³-hybridized carbons (Fsp3) is 0.286. The first kappa shape index (κ1) is 26.4. The van der Waals surface area contributed by atoms with Gasteiger partial charge in [0.1, 0.15) is 11.5 Å². The molecule has 8 heteroatoms. The van der Waals surface area contributed by atoms with Crippen LogP contribution in [-0.2, 0) is 11.2 Å². The highest BCUT2D eigenvalue weighted by Gasteiger charge is 2.21. The lowest BCUT2D eigenvalue weighted by Crippen LogP contribution is -2.33. The van der Waals surface area contributed by atoms with Crippen molar-refractivity contribution in [2.24, 2.45) is 0 Å². The Morgan fingerprint density at radius 2 is 1.58 bits per heavy atom. The standard InChI is InChI=1S/C28H32N2O6/c1-5-24(36-21-10-8-9-20(18-21)33-2)28(32)30-23-12-7-6-11-22(23)27(31)29-16-15-19-13-14-25(34-3)26(17-19)35-4/h6-14,17-18,24H,5,15-16H2,1-4H3,(H,29,31)(H,30,32)/t24-/m1/s1. The van der Waals surface area contributed by atoms with Crippen molar-refractivity contribution < 1.29 is 28.5 Å². The number of ether oxygens (including phenoxy) is 4. The summed E-state index contributed by atoms with van der Waals surface area (Å²) in [5.74, 6) is 1.82. The van der Waals surface area contributed by atoms with Gasteiger partial charge in [-0.05, 0) is 54.8 Å². The van der Waals surface area contributed by atoms with Crippen LogP contribution < -0.4 is 29.6 Å². The summed E-state index contributed by atoms with van der Waals surface area (Å²) in [6.07, 6.45) is 0.314. The average Bonchev–Trinajstić information content (AvgIpc) is 2.91. The highest BCUT2D eigenvalue weighted by atomic mass is 16.5. The summed E-state index contributed by atoms with van der Waals surface area (Å²) in [7, 11) is 4.74. The van der Waals surface area contributed by atoms with Crippen LogP contribution in [0.1, 0.15) is 29.3 Å². The summed E-state index contributed by atoms with van der Waals surface area (Å²) in [6.45, 7) is 2.27. The molecule has 0 spiro atoms. The van der Waals surface area contributed by atoms with Crippen LogP contribution >= 0.6 is 0 Å². The Hall–Kier alpha value is -4.20. The number of rotatable bonds is 12. The van der Waals surface area contributed by atoms with E-state index in [-0.39, 0.29) is 11.8 Å². The zero-order valence-electron chi connectivity index (χ0n) is 21.0. The Balaban J connectivity index is 1.62. The van der Waals surface area contributed by atoms with Gasteiger partial charge in [-0.2, -0.15) is 0 Å². The number of amides is 2. The molecule has 0 saturated heterocycles. The SMILES string of the molecule is CC[C@@H](Oc1cccc(OC)c1)C(=O)Nc1ccccc1C(=O)NCCc1ccc(OC)c(OC)c1. The van der Waals surface area contributed by atoms with Gasteiger partial charge in [-0.25, -0.2) is 0 Å². The van der Waals surface area contributed by atoms with E-state index in [1.54, 1.807) is 69.9 Å². The van der Waals surface area contributed by atoms with Gasteiger partial charge in [-0.1, -0.05) is 31.2 Å². The van der Waals surface area contributed by atoms with E-state index < -0.39 is 6.10 Å². The topological polar surface area (TPSA) is 95.1 Å². The van der Waals surface area contributed by atoms with Crippen LogP contribution in [0.3, 0.4) is 0 Å². The van der Waals surface area contributed by atoms with Crippen molar-refractivity contribution in [2.75, 3.05) is 33.2 Å². The maximum atomic E-state index is 13.0. The Morgan fingerprint density at radius 3 is 2.31 bits per heavy atom. The van der Waals surface area contributed by atoms with E-state index >= 15 is 0 Å². The number of hydrogen-bond donors (Lipinski definition) is 2. The predicted molar refractivity (Wildman–Crippen MR) is 138 cm³/mol. The lowest BCUT2D eigenvalue weighted by molar-refractivity contribution is -0.122. The van der Waals surface area contributed by atoms with Crippen LogP contribution in [0, 0.1) is 0 Å². The summed E-state index contributed by atoms with van der Waals surface area (Å²) >= 11 is 0. The van der Waals surface area contributed by atoms with Crippen LogP contribution in [0.4, 0.5) is 5.69 Å². The minimum Gasteiger partial charge on any atom is -0.497 e. The molecule has 0 heterocycles. The van der Waals surface area contributed by atoms with Gasteiger partial charge in [-0.15, -0.1) is 0 Å². The third kappa shape index (κ3) is 6.91. The molecule has 0 aliphatic heterocycles. The quantitative estimate of drug-likeness (QED) is 0.387. The molecule has 2 N–H and O–H groups in total. The second kappa shape index (κ2) is 13.0. The third-order valence-corrected chi connectivity index (χ3v) is 5.56. The summed E-state index contributed by atoms with van der Waals surface area (Å²) in [5, 5.41) is 5.76. The van der Waals surface area contributed by atoms with Crippen molar-refractivity contribution in [3.8, 4) is 23.0 Å². The minimum atomic E-state index is -0.738. The van der Waals surface area contributed by atoms with Gasteiger partial charge in [0.2, 0.25) is 0 Å². The normalized spacial score (nSPS) is 11.2. The molecule has 0 bridgehead atoms. The molecule has 0 aliphatic carbocycles. The fourth-order valence-electron chi connectivity index (χ4n) is 3.62. The summed E-state index contributed by atoms with van der Waals surface area (Å²) in [5.41, 5.74) is 1.78. The van der Waals surface area contributed by atoms with E-state index in [1.807, 2.05) is 25.1 Å². The highest BCUT2D eigenvalue weighted by molar-refractivity contribution is 6.04. The molecule has 8 nitrogen and oxygen atoms in total. The van der Waals surface area contributed by atoms with Gasteiger partial charge in [0, 0.05) is 12.6 Å². The largest absolute Gasteiger partial charge is 0.497 e. The summed E-state index contributed by atoms with van der Waals surface area (Å²) < 4.78 is 21.7. The van der Waals surface area contributed by atoms with Crippen LogP contribution in [0.5, 0.6) is 23.0 Å². The second-order valence-electron chi connectivity index (χ2n) is 7.92. The number of anilines is 1. The van der Waals surface area contributed by atoms with Crippen molar-refractivity contribution in [2.45, 2.75) is 25.9 Å². The van der Waals surface area contributed by atoms with Crippen molar-refractivity contribution in [1.29, 1.82) is 0 Å². The molecule has 0 fully saturated rings. The Kier molecular flexibility index (Phi) is 9.56. The van der Waals surface area contributed by atoms with E-state index in [9.17, 15) is 9.59 Å². The first-order valence-electron chi connectivity index (χ1n) is 11.7. The van der Waals surface area contributed by atoms with Gasteiger partial charge < -0.3 is 29.6 Å². The Morgan fingerprint density at radius 1 is 0.833 bits per heavy atom. The Bertz CT molecular complexity index is 1180. The number of hydrogen-bond acceptors (Lipinski definition) is 6.